The zero-order chi connectivity index (χ0) is 6.15. The van der Waals surface area contributed by atoms with Crippen molar-refractivity contribution < 1.29 is 18.7 Å². The van der Waals surface area contributed by atoms with Crippen LogP contribution in [0.1, 0.15) is 6.92 Å². The van der Waals surface area contributed by atoms with E-state index in [-0.39, 0.29) is 6.10 Å². The van der Waals surface area contributed by atoms with Crippen LogP contribution in [0.3, 0.4) is 0 Å². The highest BCUT2D eigenvalue weighted by Gasteiger charge is 2.36. The van der Waals surface area contributed by atoms with Crippen LogP contribution in [0, 0.1) is 0 Å². The summed E-state index contributed by atoms with van der Waals surface area (Å²) in [6, 6.07) is 0. The maximum atomic E-state index is 9.88. The van der Waals surface area contributed by atoms with Crippen molar-refractivity contribution in [2.45, 2.75) is 19.3 Å². The van der Waals surface area contributed by atoms with Crippen molar-refractivity contribution in [2.24, 2.45) is 0 Å². The van der Waals surface area contributed by atoms with E-state index in [1.54, 1.807) is 6.92 Å². The SMILES string of the molecule is C[C@@H]1O[C@@H]1O[PH](=O)O. The summed E-state index contributed by atoms with van der Waals surface area (Å²) >= 11 is 0. The van der Waals surface area contributed by atoms with Gasteiger partial charge in [0.05, 0.1) is 0 Å². The quantitative estimate of drug-likeness (QED) is 0.435. The molecule has 8 heavy (non-hydrogen) atoms. The van der Waals surface area contributed by atoms with Gasteiger partial charge in [-0.3, -0.25) is 9.09 Å². The third-order valence-electron chi connectivity index (χ3n) is 0.872. The second-order valence-corrected chi connectivity index (χ2v) is 2.36. The van der Waals surface area contributed by atoms with Crippen molar-refractivity contribution in [3.8, 4) is 0 Å². The zero-order valence-electron chi connectivity index (χ0n) is 4.33. The van der Waals surface area contributed by atoms with E-state index in [0.717, 1.165) is 0 Å². The van der Waals surface area contributed by atoms with Crippen LogP contribution in [0.15, 0.2) is 0 Å². The molecule has 1 heterocycles. The number of epoxide rings is 1. The Morgan fingerprint density at radius 3 is 2.50 bits per heavy atom. The molecule has 0 amide bonds. The maximum Gasteiger partial charge on any atom is 0.318 e. The van der Waals surface area contributed by atoms with Crippen molar-refractivity contribution in [1.29, 1.82) is 0 Å². The third-order valence-corrected chi connectivity index (χ3v) is 1.31. The molecule has 4 nitrogen and oxygen atoms in total. The van der Waals surface area contributed by atoms with Gasteiger partial charge in [-0.05, 0) is 6.92 Å². The van der Waals surface area contributed by atoms with Crippen LogP contribution in [0.25, 0.3) is 0 Å². The molecule has 0 saturated carbocycles. The molecule has 1 N–H and O–H groups in total. The predicted molar refractivity (Wildman–Crippen MR) is 26.6 cm³/mol. The Kier molecular flexibility index (Phi) is 1.68. The van der Waals surface area contributed by atoms with Gasteiger partial charge in [-0.2, -0.15) is 0 Å². The Morgan fingerprint density at radius 1 is 1.88 bits per heavy atom. The van der Waals surface area contributed by atoms with Crippen LogP contribution in [-0.4, -0.2) is 17.3 Å². The van der Waals surface area contributed by atoms with E-state index in [0.29, 0.717) is 0 Å². The van der Waals surface area contributed by atoms with Gasteiger partial charge in [-0.25, -0.2) is 0 Å². The third kappa shape index (κ3) is 1.56. The van der Waals surface area contributed by atoms with Gasteiger partial charge in [-0.1, -0.05) is 0 Å². The molecule has 1 aliphatic rings. The monoisotopic (exact) mass is 138 g/mol. The van der Waals surface area contributed by atoms with Crippen LogP contribution >= 0.6 is 8.25 Å². The van der Waals surface area contributed by atoms with Crippen molar-refractivity contribution in [1.82, 2.24) is 0 Å². The van der Waals surface area contributed by atoms with E-state index in [1.165, 1.54) is 0 Å². The van der Waals surface area contributed by atoms with Crippen LogP contribution < -0.4 is 0 Å². The standard InChI is InChI=1S/C3H7O4P/c1-2-3(6-2)7-8(4)5/h2-3,8H,1H3,(H,4,5)/t2-,3+/m0/s1. The number of hydrogen-bond donors (Lipinski definition) is 1. The molecule has 0 aromatic carbocycles. The summed E-state index contributed by atoms with van der Waals surface area (Å²) < 4.78 is 18.9. The fraction of sp³-hybridized carbons (Fsp3) is 1.00. The number of ether oxygens (including phenoxy) is 1. The molecule has 48 valence electrons. The minimum absolute atomic E-state index is 0.00361. The van der Waals surface area contributed by atoms with E-state index >= 15 is 0 Å². The first-order valence-corrected chi connectivity index (χ1v) is 3.51. The summed E-state index contributed by atoms with van der Waals surface area (Å²) in [6.07, 6.45) is -0.428. The molecule has 1 saturated heterocycles. The fourth-order valence-corrected chi connectivity index (χ4v) is 0.835. The Morgan fingerprint density at radius 2 is 2.38 bits per heavy atom. The van der Waals surface area contributed by atoms with Crippen molar-refractivity contribution in [3.05, 3.63) is 0 Å². The average molecular weight is 138 g/mol. The average Bonchev–Trinajstić information content (AvgIpc) is 2.17. The highest BCUT2D eigenvalue weighted by Crippen LogP contribution is 2.31. The van der Waals surface area contributed by atoms with Crippen molar-refractivity contribution >= 4 is 8.25 Å². The molecular formula is C3H7O4P. The lowest BCUT2D eigenvalue weighted by Gasteiger charge is -1.87. The zero-order valence-corrected chi connectivity index (χ0v) is 5.33. The van der Waals surface area contributed by atoms with E-state index in [9.17, 15) is 4.57 Å². The van der Waals surface area contributed by atoms with Gasteiger partial charge in [-0.15, -0.1) is 0 Å². The van der Waals surface area contributed by atoms with Gasteiger partial charge in [0.2, 0.25) is 0 Å². The van der Waals surface area contributed by atoms with Gasteiger partial charge in [0.1, 0.15) is 6.10 Å². The smallest absolute Gasteiger partial charge is 0.318 e. The predicted octanol–water partition coefficient (Wildman–Crippen LogP) is 0.130. The molecule has 1 aliphatic heterocycles. The van der Waals surface area contributed by atoms with Crippen LogP contribution in [0.4, 0.5) is 0 Å². The lowest BCUT2D eigenvalue weighted by atomic mass is 10.5. The second-order valence-electron chi connectivity index (χ2n) is 1.59. The van der Waals surface area contributed by atoms with Crippen LogP contribution in [0.5, 0.6) is 0 Å². The molecule has 0 aliphatic carbocycles. The maximum absolute atomic E-state index is 9.88. The van der Waals surface area contributed by atoms with Gasteiger partial charge < -0.3 is 9.63 Å². The molecule has 0 radical (unpaired) electrons. The summed E-state index contributed by atoms with van der Waals surface area (Å²) in [6.45, 7) is 1.77. The van der Waals surface area contributed by atoms with E-state index in [1.807, 2.05) is 0 Å². The van der Waals surface area contributed by atoms with E-state index < -0.39 is 14.5 Å². The van der Waals surface area contributed by atoms with Gasteiger partial charge >= 0.3 is 8.25 Å². The lowest BCUT2D eigenvalue weighted by Crippen LogP contribution is -1.87. The Labute approximate surface area is 47.4 Å². The lowest BCUT2D eigenvalue weighted by molar-refractivity contribution is 0.169. The molecule has 1 rings (SSSR count). The summed E-state index contributed by atoms with van der Waals surface area (Å²) in [5.41, 5.74) is 0. The molecule has 1 unspecified atom stereocenters. The molecule has 0 aromatic heterocycles. The highest BCUT2D eigenvalue weighted by molar-refractivity contribution is 7.32. The molecule has 3 atom stereocenters. The first kappa shape index (κ1) is 6.23. The number of hydrogen-bond acceptors (Lipinski definition) is 3. The topological polar surface area (TPSA) is 59.1 Å². The molecule has 0 bridgehead atoms. The minimum Gasteiger partial charge on any atom is -0.341 e. The van der Waals surface area contributed by atoms with Crippen LogP contribution in [0.2, 0.25) is 0 Å². The number of rotatable bonds is 2. The van der Waals surface area contributed by atoms with Crippen LogP contribution in [-0.2, 0) is 13.8 Å². The Balaban J connectivity index is 2.14. The molecule has 5 heteroatoms. The van der Waals surface area contributed by atoms with Gasteiger partial charge in [0.15, 0.2) is 6.29 Å². The molecule has 0 aromatic rings. The summed E-state index contributed by atoms with van der Waals surface area (Å²) in [5.74, 6) is 0. The van der Waals surface area contributed by atoms with Crippen molar-refractivity contribution in [3.63, 3.8) is 0 Å². The highest BCUT2D eigenvalue weighted by atomic mass is 31.1. The van der Waals surface area contributed by atoms with E-state index in [4.69, 9.17) is 4.89 Å². The first-order valence-electron chi connectivity index (χ1n) is 2.25. The molecular weight excluding hydrogens is 131 g/mol. The normalized spacial score (nSPS) is 39.2. The second kappa shape index (κ2) is 2.15. The minimum atomic E-state index is -2.78. The van der Waals surface area contributed by atoms with Gasteiger partial charge in [0, 0.05) is 0 Å². The van der Waals surface area contributed by atoms with Crippen molar-refractivity contribution in [2.75, 3.05) is 0 Å². The summed E-state index contributed by atoms with van der Waals surface area (Å²) in [5, 5.41) is 0. The fourth-order valence-electron chi connectivity index (χ4n) is 0.389. The summed E-state index contributed by atoms with van der Waals surface area (Å²) in [4.78, 5) is 8.12. The first-order chi connectivity index (χ1) is 3.70. The molecule has 1 fully saturated rings. The summed E-state index contributed by atoms with van der Waals surface area (Å²) in [7, 11) is -2.78. The largest absolute Gasteiger partial charge is 0.341 e. The van der Waals surface area contributed by atoms with Gasteiger partial charge in [0.25, 0.3) is 0 Å². The van der Waals surface area contributed by atoms with E-state index in [2.05, 4.69) is 9.26 Å². The Hall–Kier alpha value is 0.110. The Bertz CT molecular complexity index is 114. The molecule has 0 spiro atoms.